The molecule has 0 bridgehead atoms. The lowest BCUT2D eigenvalue weighted by Gasteiger charge is -2.40. The van der Waals surface area contributed by atoms with E-state index in [1.165, 1.54) is 65.3 Å². The molecule has 0 unspecified atom stereocenters. The fourth-order valence-corrected chi connectivity index (χ4v) is 18.6. The highest BCUT2D eigenvalue weighted by Crippen LogP contribution is 2.42. The normalized spacial score (nSPS) is 16.1. The van der Waals surface area contributed by atoms with Gasteiger partial charge < -0.3 is 0 Å². The highest BCUT2D eigenvalue weighted by atomic mass is 32.1. The third-order valence-electron chi connectivity index (χ3n) is 9.42. The van der Waals surface area contributed by atoms with E-state index < -0.39 is 16.1 Å². The van der Waals surface area contributed by atoms with Gasteiger partial charge in [-0.15, -0.1) is 11.3 Å². The first-order valence-corrected chi connectivity index (χ1v) is 22.3. The van der Waals surface area contributed by atoms with E-state index in [0.29, 0.717) is 5.92 Å². The van der Waals surface area contributed by atoms with Crippen molar-refractivity contribution in [3.63, 3.8) is 0 Å². The first-order chi connectivity index (χ1) is 19.6. The Hall–Kier alpha value is -3.06. The molecule has 7 rings (SSSR count). The predicted octanol–water partition coefficient (Wildman–Crippen LogP) is 9.98. The zero-order chi connectivity index (χ0) is 28.5. The molecule has 0 aliphatic carbocycles. The van der Waals surface area contributed by atoms with E-state index in [1.54, 1.807) is 10.4 Å². The fraction of sp³-hybridized carbons (Fsp3) is 0.270. The zero-order valence-corrected chi connectivity index (χ0v) is 28.0. The van der Waals surface area contributed by atoms with Crippen LogP contribution in [0.4, 0.5) is 0 Å². The minimum atomic E-state index is -1.46. The average Bonchev–Trinajstić information content (AvgIpc) is 3.34. The van der Waals surface area contributed by atoms with Crippen molar-refractivity contribution in [3.05, 3.63) is 90.6 Å². The van der Waals surface area contributed by atoms with E-state index in [1.807, 2.05) is 17.5 Å². The van der Waals surface area contributed by atoms with Gasteiger partial charge in [0.25, 0.3) is 0 Å². The summed E-state index contributed by atoms with van der Waals surface area (Å²) in [4.78, 5) is 5.04. The summed E-state index contributed by atoms with van der Waals surface area (Å²) in [5.74, 6) is 0.629. The van der Waals surface area contributed by atoms with Gasteiger partial charge in [0.05, 0.1) is 26.5 Å². The Morgan fingerprint density at radius 2 is 1.44 bits per heavy atom. The van der Waals surface area contributed by atoms with Gasteiger partial charge in [0.2, 0.25) is 0 Å². The maximum atomic E-state index is 5.04. The van der Waals surface area contributed by atoms with E-state index >= 15 is 0 Å². The number of fused-ring (bicyclic) bond motifs is 5. The van der Waals surface area contributed by atoms with Crippen molar-refractivity contribution in [1.82, 2.24) is 4.98 Å². The Balaban J connectivity index is 1.46. The molecular weight excluding hydrogens is 547 g/mol. The molecule has 0 spiro atoms. The molecule has 4 heteroatoms. The Kier molecular flexibility index (Phi) is 6.38. The van der Waals surface area contributed by atoms with Crippen LogP contribution in [0.15, 0.2) is 85.1 Å². The third kappa shape index (κ3) is 4.52. The molecule has 0 N–H and O–H groups in total. The summed E-state index contributed by atoms with van der Waals surface area (Å²) < 4.78 is 2.71. The predicted molar refractivity (Wildman–Crippen MR) is 188 cm³/mol. The van der Waals surface area contributed by atoms with Crippen molar-refractivity contribution in [2.45, 2.75) is 58.5 Å². The van der Waals surface area contributed by atoms with Gasteiger partial charge in [-0.3, -0.25) is 4.98 Å². The number of hydrogen-bond acceptors (Lipinski definition) is 2. The number of nitrogens with zero attached hydrogens (tertiary/aromatic N) is 1. The molecule has 0 radical (unpaired) electrons. The Morgan fingerprint density at radius 1 is 0.707 bits per heavy atom. The molecule has 0 fully saturated rings. The zero-order valence-electron chi connectivity index (χ0n) is 25.1. The maximum Gasteiger partial charge on any atom is 0.0880 e. The number of rotatable bonds is 4. The van der Waals surface area contributed by atoms with Crippen LogP contribution in [0.1, 0.15) is 19.4 Å². The van der Waals surface area contributed by atoms with Gasteiger partial charge in [-0.05, 0) is 58.0 Å². The van der Waals surface area contributed by atoms with Crippen LogP contribution < -0.4 is 10.4 Å². The molecule has 0 saturated carbocycles. The molecular formula is C37H39NSSi2. The van der Waals surface area contributed by atoms with Crippen LogP contribution in [-0.4, -0.2) is 21.1 Å². The summed E-state index contributed by atoms with van der Waals surface area (Å²) >= 11 is 1.92. The van der Waals surface area contributed by atoms with Gasteiger partial charge in [0.1, 0.15) is 0 Å². The largest absolute Gasteiger partial charge is 0.255 e. The molecule has 3 heterocycles. The SMILES string of the molecule is CC(C)Cc1cccc2c1sc1c(-c3cc(-c4ccc5c(c4)[Si](C)(C)CC[Si]5(C)C)c4ccccc4c3)nccc12. The third-order valence-corrected chi connectivity index (χ3v) is 18.2. The smallest absolute Gasteiger partial charge is 0.0880 e. The molecule has 41 heavy (non-hydrogen) atoms. The second-order valence-corrected chi connectivity index (χ2v) is 24.4. The number of thiophene rings is 1. The van der Waals surface area contributed by atoms with Crippen molar-refractivity contribution >= 4 is 68.8 Å². The molecule has 6 aromatic rings. The highest BCUT2D eigenvalue weighted by molar-refractivity contribution is 7.26. The Bertz CT molecular complexity index is 1960. The van der Waals surface area contributed by atoms with Gasteiger partial charge in [-0.2, -0.15) is 0 Å². The first-order valence-electron chi connectivity index (χ1n) is 15.1. The van der Waals surface area contributed by atoms with E-state index in [2.05, 4.69) is 119 Å². The lowest BCUT2D eigenvalue weighted by Crippen LogP contribution is -2.63. The molecule has 0 atom stereocenters. The molecule has 0 saturated heterocycles. The molecule has 1 aliphatic rings. The van der Waals surface area contributed by atoms with Gasteiger partial charge in [0.15, 0.2) is 0 Å². The van der Waals surface area contributed by atoms with Crippen LogP contribution in [0.3, 0.4) is 0 Å². The van der Waals surface area contributed by atoms with Crippen LogP contribution >= 0.6 is 11.3 Å². The van der Waals surface area contributed by atoms with Crippen LogP contribution in [0.25, 0.3) is 53.3 Å². The number of aromatic nitrogens is 1. The summed E-state index contributed by atoms with van der Waals surface area (Å²) in [6.45, 7) is 14.9. The topological polar surface area (TPSA) is 12.9 Å². The van der Waals surface area contributed by atoms with E-state index in [9.17, 15) is 0 Å². The van der Waals surface area contributed by atoms with E-state index in [-0.39, 0.29) is 0 Å². The molecule has 1 nitrogen and oxygen atoms in total. The van der Waals surface area contributed by atoms with Crippen LogP contribution in [-0.2, 0) is 6.42 Å². The fourth-order valence-electron chi connectivity index (χ4n) is 7.03. The maximum absolute atomic E-state index is 5.04. The summed E-state index contributed by atoms with van der Waals surface area (Å²) in [6.07, 6.45) is 3.11. The molecule has 4 aromatic carbocycles. The Labute approximate surface area is 250 Å². The van der Waals surface area contributed by atoms with Gasteiger partial charge in [-0.25, -0.2) is 0 Å². The minimum Gasteiger partial charge on any atom is -0.255 e. The van der Waals surface area contributed by atoms with E-state index in [4.69, 9.17) is 4.98 Å². The summed E-state index contributed by atoms with van der Waals surface area (Å²) in [7, 11) is -2.83. The lowest BCUT2D eigenvalue weighted by atomic mass is 9.94. The van der Waals surface area contributed by atoms with Crippen molar-refractivity contribution in [3.8, 4) is 22.4 Å². The van der Waals surface area contributed by atoms with Crippen molar-refractivity contribution in [1.29, 1.82) is 0 Å². The molecule has 2 aromatic heterocycles. The summed E-state index contributed by atoms with van der Waals surface area (Å²) in [6, 6.07) is 33.1. The Morgan fingerprint density at radius 3 is 2.24 bits per heavy atom. The van der Waals surface area contributed by atoms with E-state index in [0.717, 1.165) is 12.1 Å². The lowest BCUT2D eigenvalue weighted by molar-refractivity contribution is 0.650. The minimum absolute atomic E-state index is 0.629. The van der Waals surface area contributed by atoms with Crippen molar-refractivity contribution in [2.75, 3.05) is 0 Å². The van der Waals surface area contributed by atoms with Gasteiger partial charge in [-0.1, -0.05) is 123 Å². The number of hydrogen-bond donors (Lipinski definition) is 0. The van der Waals surface area contributed by atoms with Crippen LogP contribution in [0, 0.1) is 5.92 Å². The second-order valence-electron chi connectivity index (χ2n) is 13.8. The average molecular weight is 586 g/mol. The van der Waals surface area contributed by atoms with Gasteiger partial charge >= 0.3 is 0 Å². The summed E-state index contributed by atoms with van der Waals surface area (Å²) in [5, 5.41) is 8.70. The first kappa shape index (κ1) is 26.8. The number of pyridine rings is 1. The standard InChI is InChI=1S/C37H39NSSi2/c1-24(2)20-27-11-9-13-30-31-16-17-38-35(37(31)39-36(27)30)28-21-25-10-7-8-12-29(25)32(22-28)26-14-15-33-34(23-26)41(5,6)19-18-40(33,3)4/h7-17,21-24H,18-20H2,1-6H3. The molecule has 1 aliphatic heterocycles. The van der Waals surface area contributed by atoms with Crippen LogP contribution in [0.2, 0.25) is 38.3 Å². The highest BCUT2D eigenvalue weighted by Gasteiger charge is 2.39. The van der Waals surface area contributed by atoms with Gasteiger partial charge in [0, 0.05) is 27.2 Å². The van der Waals surface area contributed by atoms with Crippen molar-refractivity contribution < 1.29 is 0 Å². The number of benzene rings is 4. The van der Waals surface area contributed by atoms with Crippen molar-refractivity contribution in [2.24, 2.45) is 5.92 Å². The molecule has 0 amide bonds. The second kappa shape index (κ2) is 9.76. The van der Waals surface area contributed by atoms with Crippen LogP contribution in [0.5, 0.6) is 0 Å². The summed E-state index contributed by atoms with van der Waals surface area (Å²) in [5.41, 5.74) is 6.46. The molecule has 206 valence electrons. The monoisotopic (exact) mass is 585 g/mol. The quantitative estimate of drug-likeness (QED) is 0.188.